The van der Waals surface area contributed by atoms with Crippen LogP contribution in [-0.4, -0.2) is 29.3 Å². The molecule has 1 atom stereocenters. The Bertz CT molecular complexity index is 507. The number of hydrogen-bond acceptors (Lipinski definition) is 3. The molecule has 2 aliphatic rings. The van der Waals surface area contributed by atoms with Crippen LogP contribution in [-0.2, 0) is 16.1 Å². The molecule has 0 spiro atoms. The number of hydrogen-bond donors (Lipinski definition) is 1. The molecule has 1 aliphatic heterocycles. The van der Waals surface area contributed by atoms with Crippen molar-refractivity contribution in [2.24, 2.45) is 5.92 Å². The molecule has 2 heterocycles. The Hall–Kier alpha value is -1.36. The van der Waals surface area contributed by atoms with Crippen LogP contribution in [0.25, 0.3) is 0 Å². The van der Waals surface area contributed by atoms with Gasteiger partial charge in [0.25, 0.3) is 0 Å². The van der Waals surface area contributed by atoms with Crippen molar-refractivity contribution in [1.29, 1.82) is 0 Å². The minimum absolute atomic E-state index is 0.0258. The Kier molecular flexibility index (Phi) is 5.13. The van der Waals surface area contributed by atoms with Crippen molar-refractivity contribution < 1.29 is 9.59 Å². The van der Waals surface area contributed by atoms with E-state index in [1.54, 1.807) is 11.3 Å². The third kappa shape index (κ3) is 3.69. The summed E-state index contributed by atoms with van der Waals surface area (Å²) in [4.78, 5) is 27.7. The molecule has 1 aliphatic carbocycles. The Morgan fingerprint density at radius 2 is 2.05 bits per heavy atom. The summed E-state index contributed by atoms with van der Waals surface area (Å²) in [7, 11) is 0. The minimum atomic E-state index is -0.171. The first-order valence-corrected chi connectivity index (χ1v) is 9.21. The number of carbonyl (C=O) groups is 2. The van der Waals surface area contributed by atoms with Gasteiger partial charge in [-0.15, -0.1) is 11.3 Å². The highest BCUT2D eigenvalue weighted by Crippen LogP contribution is 2.28. The van der Waals surface area contributed by atoms with Crippen molar-refractivity contribution in [3.8, 4) is 0 Å². The number of amides is 2. The molecule has 2 fully saturated rings. The van der Waals surface area contributed by atoms with Crippen molar-refractivity contribution in [3.05, 3.63) is 22.4 Å². The van der Waals surface area contributed by atoms with Gasteiger partial charge in [-0.3, -0.25) is 9.59 Å². The fourth-order valence-electron chi connectivity index (χ4n) is 3.56. The summed E-state index contributed by atoms with van der Waals surface area (Å²) in [6.45, 7) is 1.18. The maximum absolute atomic E-state index is 12.3. The second kappa shape index (κ2) is 7.27. The van der Waals surface area contributed by atoms with E-state index in [9.17, 15) is 9.59 Å². The molecular formula is C17H24N2O2S. The van der Waals surface area contributed by atoms with Crippen LogP contribution < -0.4 is 5.32 Å². The van der Waals surface area contributed by atoms with E-state index in [0.717, 1.165) is 17.7 Å². The second-order valence-electron chi connectivity index (χ2n) is 6.39. The number of rotatable bonds is 4. The van der Waals surface area contributed by atoms with Crippen LogP contribution in [0.1, 0.15) is 49.8 Å². The summed E-state index contributed by atoms with van der Waals surface area (Å²) >= 11 is 1.64. The number of nitrogens with zero attached hydrogens (tertiary/aromatic N) is 1. The van der Waals surface area contributed by atoms with Gasteiger partial charge in [0.2, 0.25) is 11.8 Å². The molecule has 1 unspecified atom stereocenters. The lowest BCUT2D eigenvalue weighted by molar-refractivity contribution is -0.130. The second-order valence-corrected chi connectivity index (χ2v) is 7.42. The summed E-state index contributed by atoms with van der Waals surface area (Å²) in [6.07, 6.45) is 7.58. The third-order valence-corrected chi connectivity index (χ3v) is 5.69. The van der Waals surface area contributed by atoms with Gasteiger partial charge in [-0.05, 0) is 24.3 Å². The molecule has 1 saturated carbocycles. The molecule has 0 radical (unpaired) electrons. The van der Waals surface area contributed by atoms with E-state index in [2.05, 4.69) is 5.32 Å². The van der Waals surface area contributed by atoms with Crippen LogP contribution in [0.15, 0.2) is 17.5 Å². The fourth-order valence-corrected chi connectivity index (χ4v) is 4.21. The average molecular weight is 320 g/mol. The Morgan fingerprint density at radius 3 is 2.73 bits per heavy atom. The summed E-state index contributed by atoms with van der Waals surface area (Å²) in [5.74, 6) is 0.0248. The molecular weight excluding hydrogens is 296 g/mol. The Labute approximate surface area is 135 Å². The molecule has 0 aromatic carbocycles. The van der Waals surface area contributed by atoms with Gasteiger partial charge in [-0.2, -0.15) is 0 Å². The fraction of sp³-hybridized carbons (Fsp3) is 0.647. The molecule has 1 aromatic rings. The maximum atomic E-state index is 12.3. The van der Waals surface area contributed by atoms with E-state index < -0.39 is 0 Å². The van der Waals surface area contributed by atoms with Crippen LogP contribution in [0, 0.1) is 5.92 Å². The SMILES string of the molecule is O=C(NCc1cccs1)C1CC(=O)N(C2CCCCCC2)C1. The van der Waals surface area contributed by atoms with Crippen molar-refractivity contribution >= 4 is 23.2 Å². The van der Waals surface area contributed by atoms with E-state index in [4.69, 9.17) is 0 Å². The maximum Gasteiger partial charge on any atom is 0.225 e. The lowest BCUT2D eigenvalue weighted by Crippen LogP contribution is -2.38. The van der Waals surface area contributed by atoms with Crippen molar-refractivity contribution in [3.63, 3.8) is 0 Å². The zero-order valence-corrected chi connectivity index (χ0v) is 13.7. The quantitative estimate of drug-likeness (QED) is 0.867. The highest BCUT2D eigenvalue weighted by atomic mass is 32.1. The summed E-state index contributed by atoms with van der Waals surface area (Å²) in [5, 5.41) is 4.98. The molecule has 3 rings (SSSR count). The first-order chi connectivity index (χ1) is 10.7. The normalized spacial score (nSPS) is 23.5. The van der Waals surface area contributed by atoms with Gasteiger partial charge in [-0.25, -0.2) is 0 Å². The van der Waals surface area contributed by atoms with E-state index >= 15 is 0 Å². The molecule has 1 aromatic heterocycles. The Morgan fingerprint density at radius 1 is 1.27 bits per heavy atom. The number of thiophene rings is 1. The van der Waals surface area contributed by atoms with Crippen LogP contribution >= 0.6 is 11.3 Å². The molecule has 120 valence electrons. The van der Waals surface area contributed by atoms with Crippen LogP contribution in [0.2, 0.25) is 0 Å². The first kappa shape index (κ1) is 15.5. The van der Waals surface area contributed by atoms with E-state index in [1.807, 2.05) is 22.4 Å². The van der Waals surface area contributed by atoms with Gasteiger partial charge >= 0.3 is 0 Å². The van der Waals surface area contributed by atoms with Crippen molar-refractivity contribution in [2.45, 2.75) is 57.5 Å². The van der Waals surface area contributed by atoms with E-state index in [-0.39, 0.29) is 17.7 Å². The van der Waals surface area contributed by atoms with E-state index in [1.165, 1.54) is 25.7 Å². The summed E-state index contributed by atoms with van der Waals surface area (Å²) < 4.78 is 0. The summed E-state index contributed by atoms with van der Waals surface area (Å²) in [5.41, 5.74) is 0. The first-order valence-electron chi connectivity index (χ1n) is 8.33. The van der Waals surface area contributed by atoms with Gasteiger partial charge in [0.05, 0.1) is 12.5 Å². The standard InChI is InChI=1S/C17H24N2O2S/c20-16-10-13(17(21)18-11-15-8-5-9-22-15)12-19(16)14-6-3-1-2-4-7-14/h5,8-9,13-14H,1-4,6-7,10-12H2,(H,18,21). The number of carbonyl (C=O) groups excluding carboxylic acids is 2. The minimum Gasteiger partial charge on any atom is -0.351 e. The highest BCUT2D eigenvalue weighted by Gasteiger charge is 2.37. The van der Waals surface area contributed by atoms with Crippen LogP contribution in [0.5, 0.6) is 0 Å². The van der Waals surface area contributed by atoms with Gasteiger partial charge in [0, 0.05) is 23.9 Å². The predicted octanol–water partition coefficient (Wildman–Crippen LogP) is 2.94. The van der Waals surface area contributed by atoms with E-state index in [0.29, 0.717) is 25.6 Å². The largest absolute Gasteiger partial charge is 0.351 e. The zero-order chi connectivity index (χ0) is 15.4. The molecule has 22 heavy (non-hydrogen) atoms. The molecule has 4 nitrogen and oxygen atoms in total. The van der Waals surface area contributed by atoms with Gasteiger partial charge in [0.1, 0.15) is 0 Å². The molecule has 1 N–H and O–H groups in total. The average Bonchev–Trinajstić information content (AvgIpc) is 3.08. The predicted molar refractivity (Wildman–Crippen MR) is 87.5 cm³/mol. The lowest BCUT2D eigenvalue weighted by Gasteiger charge is -2.27. The van der Waals surface area contributed by atoms with Gasteiger partial charge in [-0.1, -0.05) is 31.7 Å². The monoisotopic (exact) mass is 320 g/mol. The molecule has 1 saturated heterocycles. The Balaban J connectivity index is 1.53. The number of nitrogens with one attached hydrogen (secondary N) is 1. The lowest BCUT2D eigenvalue weighted by atomic mass is 10.1. The zero-order valence-electron chi connectivity index (χ0n) is 12.9. The molecule has 0 bridgehead atoms. The molecule has 2 amide bonds. The van der Waals surface area contributed by atoms with Crippen molar-refractivity contribution in [1.82, 2.24) is 10.2 Å². The highest BCUT2D eigenvalue weighted by molar-refractivity contribution is 7.09. The van der Waals surface area contributed by atoms with Crippen molar-refractivity contribution in [2.75, 3.05) is 6.54 Å². The topological polar surface area (TPSA) is 49.4 Å². The summed E-state index contributed by atoms with van der Waals surface area (Å²) in [6, 6.07) is 4.37. The molecule has 5 heteroatoms. The van der Waals surface area contributed by atoms with Gasteiger partial charge in [0.15, 0.2) is 0 Å². The van der Waals surface area contributed by atoms with Crippen LogP contribution in [0.4, 0.5) is 0 Å². The van der Waals surface area contributed by atoms with Crippen LogP contribution in [0.3, 0.4) is 0 Å². The third-order valence-electron chi connectivity index (χ3n) is 4.81. The smallest absolute Gasteiger partial charge is 0.225 e. The number of likely N-dealkylation sites (tertiary alicyclic amines) is 1. The van der Waals surface area contributed by atoms with Gasteiger partial charge < -0.3 is 10.2 Å².